The van der Waals surface area contributed by atoms with Crippen molar-refractivity contribution in [3.8, 4) is 0 Å². The van der Waals surface area contributed by atoms with E-state index in [-0.39, 0.29) is 24.3 Å². The number of benzene rings is 2. The molecule has 1 atom stereocenters. The lowest BCUT2D eigenvalue weighted by Gasteiger charge is -2.32. The minimum absolute atomic E-state index is 0.0967. The van der Waals surface area contributed by atoms with Crippen molar-refractivity contribution >= 4 is 17.5 Å². The van der Waals surface area contributed by atoms with Gasteiger partial charge in [-0.1, -0.05) is 42.5 Å². The predicted octanol–water partition coefficient (Wildman–Crippen LogP) is 2.38. The van der Waals surface area contributed by atoms with Gasteiger partial charge in [-0.2, -0.15) is 0 Å². The number of nitrogens with zero attached hydrogens (tertiary/aromatic N) is 2. The van der Waals surface area contributed by atoms with Crippen molar-refractivity contribution in [1.29, 1.82) is 0 Å². The minimum Gasteiger partial charge on any atom is -0.287 e. The fourth-order valence-corrected chi connectivity index (χ4v) is 3.53. The highest BCUT2D eigenvalue weighted by Gasteiger charge is 2.43. The lowest BCUT2D eigenvalue weighted by Crippen LogP contribution is -2.44. The van der Waals surface area contributed by atoms with Gasteiger partial charge < -0.3 is 0 Å². The maximum Gasteiger partial charge on any atom is 0.251 e. The highest BCUT2D eigenvalue weighted by molar-refractivity contribution is 6.22. The Morgan fingerprint density at radius 2 is 1.57 bits per heavy atom. The van der Waals surface area contributed by atoms with Crippen LogP contribution in [0.3, 0.4) is 0 Å². The van der Waals surface area contributed by atoms with E-state index in [9.17, 15) is 9.59 Å². The van der Waals surface area contributed by atoms with E-state index in [2.05, 4.69) is 23.1 Å². The standard InChI is InChI=1S/C19H18N2O2/c22-18-12-17(19(23)21(18)16-8-2-1-3-9-16)20-11-10-14-6-4-5-7-15(14)13-20/h1-9,17H,10-13H2/t17-/m0/s1. The number of anilines is 1. The SMILES string of the molecule is O=C1C[C@H](N2CCc3ccccc3C2)C(=O)N1c1ccccc1. The van der Waals surface area contributed by atoms with Crippen LogP contribution in [0.15, 0.2) is 54.6 Å². The van der Waals surface area contributed by atoms with Gasteiger partial charge in [0, 0.05) is 13.1 Å². The Balaban J connectivity index is 1.58. The number of para-hydroxylation sites is 1. The molecule has 23 heavy (non-hydrogen) atoms. The van der Waals surface area contributed by atoms with Gasteiger partial charge in [-0.3, -0.25) is 14.5 Å². The van der Waals surface area contributed by atoms with E-state index < -0.39 is 0 Å². The zero-order valence-electron chi connectivity index (χ0n) is 12.8. The quantitative estimate of drug-likeness (QED) is 0.800. The molecule has 0 bridgehead atoms. The molecule has 0 N–H and O–H groups in total. The molecule has 0 aromatic heterocycles. The molecule has 4 nitrogen and oxygen atoms in total. The predicted molar refractivity (Wildman–Crippen MR) is 87.9 cm³/mol. The average Bonchev–Trinajstić information content (AvgIpc) is 2.90. The van der Waals surface area contributed by atoms with Crippen LogP contribution in [0.2, 0.25) is 0 Å². The maximum atomic E-state index is 12.8. The van der Waals surface area contributed by atoms with Gasteiger partial charge in [-0.05, 0) is 29.7 Å². The summed E-state index contributed by atoms with van der Waals surface area (Å²) < 4.78 is 0. The van der Waals surface area contributed by atoms with E-state index in [0.717, 1.165) is 19.5 Å². The van der Waals surface area contributed by atoms with Crippen molar-refractivity contribution in [2.45, 2.75) is 25.4 Å². The molecule has 4 heteroatoms. The number of fused-ring (bicyclic) bond motifs is 1. The summed E-state index contributed by atoms with van der Waals surface area (Å²) >= 11 is 0. The molecular weight excluding hydrogens is 288 g/mol. The summed E-state index contributed by atoms with van der Waals surface area (Å²) in [6, 6.07) is 17.2. The first-order valence-electron chi connectivity index (χ1n) is 7.97. The van der Waals surface area contributed by atoms with Crippen LogP contribution in [0.5, 0.6) is 0 Å². The van der Waals surface area contributed by atoms with Crippen molar-refractivity contribution in [2.24, 2.45) is 0 Å². The number of hydrogen-bond acceptors (Lipinski definition) is 3. The van der Waals surface area contributed by atoms with Crippen molar-refractivity contribution in [1.82, 2.24) is 4.90 Å². The molecule has 0 aliphatic carbocycles. The van der Waals surface area contributed by atoms with Gasteiger partial charge in [0.2, 0.25) is 5.91 Å². The molecule has 0 radical (unpaired) electrons. The second kappa shape index (κ2) is 5.63. The Morgan fingerprint density at radius 1 is 0.870 bits per heavy atom. The van der Waals surface area contributed by atoms with Gasteiger partial charge in [-0.15, -0.1) is 0 Å². The van der Waals surface area contributed by atoms with Crippen molar-refractivity contribution in [2.75, 3.05) is 11.4 Å². The molecule has 0 spiro atoms. The molecule has 0 unspecified atom stereocenters. The first-order chi connectivity index (χ1) is 11.2. The van der Waals surface area contributed by atoms with E-state index in [4.69, 9.17) is 0 Å². The third-order valence-electron chi connectivity index (χ3n) is 4.74. The normalized spacial score (nSPS) is 21.6. The van der Waals surface area contributed by atoms with Gasteiger partial charge in [0.15, 0.2) is 0 Å². The zero-order valence-corrected chi connectivity index (χ0v) is 12.8. The molecule has 2 aromatic carbocycles. The molecule has 116 valence electrons. The second-order valence-electron chi connectivity index (χ2n) is 6.11. The van der Waals surface area contributed by atoms with Crippen LogP contribution in [0.4, 0.5) is 5.69 Å². The summed E-state index contributed by atoms with van der Waals surface area (Å²) in [5.41, 5.74) is 3.28. The van der Waals surface area contributed by atoms with Crippen molar-refractivity contribution < 1.29 is 9.59 Å². The fourth-order valence-electron chi connectivity index (χ4n) is 3.53. The summed E-state index contributed by atoms with van der Waals surface area (Å²) in [6.07, 6.45) is 1.20. The summed E-state index contributed by atoms with van der Waals surface area (Å²) in [5, 5.41) is 0. The fraction of sp³-hybridized carbons (Fsp3) is 0.263. The summed E-state index contributed by atoms with van der Waals surface area (Å²) in [6.45, 7) is 1.56. The Morgan fingerprint density at radius 3 is 2.35 bits per heavy atom. The Labute approximate surface area is 135 Å². The lowest BCUT2D eigenvalue weighted by molar-refractivity contribution is -0.123. The minimum atomic E-state index is -0.337. The van der Waals surface area contributed by atoms with Gasteiger partial charge >= 0.3 is 0 Å². The second-order valence-corrected chi connectivity index (χ2v) is 6.11. The summed E-state index contributed by atoms with van der Waals surface area (Å²) in [4.78, 5) is 28.6. The number of imide groups is 1. The Hall–Kier alpha value is -2.46. The van der Waals surface area contributed by atoms with Gasteiger partial charge in [-0.25, -0.2) is 4.90 Å². The number of carbonyl (C=O) groups excluding carboxylic acids is 2. The number of hydrogen-bond donors (Lipinski definition) is 0. The third kappa shape index (κ3) is 2.45. The first kappa shape index (κ1) is 14.2. The van der Waals surface area contributed by atoms with Gasteiger partial charge in [0.25, 0.3) is 5.91 Å². The van der Waals surface area contributed by atoms with Crippen LogP contribution in [-0.2, 0) is 22.6 Å². The van der Waals surface area contributed by atoms with Crippen LogP contribution < -0.4 is 4.90 Å². The largest absolute Gasteiger partial charge is 0.287 e. The number of amides is 2. The summed E-state index contributed by atoms with van der Waals surface area (Å²) in [7, 11) is 0. The van der Waals surface area contributed by atoms with Crippen molar-refractivity contribution in [3.63, 3.8) is 0 Å². The Kier molecular flexibility index (Phi) is 3.46. The molecule has 2 aliphatic rings. The lowest BCUT2D eigenvalue weighted by atomic mass is 9.98. The highest BCUT2D eigenvalue weighted by atomic mass is 16.2. The smallest absolute Gasteiger partial charge is 0.251 e. The van der Waals surface area contributed by atoms with Crippen LogP contribution in [-0.4, -0.2) is 29.3 Å². The topological polar surface area (TPSA) is 40.6 Å². The van der Waals surface area contributed by atoms with Crippen LogP contribution in [0.25, 0.3) is 0 Å². The van der Waals surface area contributed by atoms with E-state index in [1.54, 1.807) is 0 Å². The van der Waals surface area contributed by atoms with Crippen molar-refractivity contribution in [3.05, 3.63) is 65.7 Å². The first-order valence-corrected chi connectivity index (χ1v) is 7.97. The molecular formula is C19H18N2O2. The molecule has 0 saturated carbocycles. The zero-order chi connectivity index (χ0) is 15.8. The molecule has 1 fully saturated rings. The highest BCUT2D eigenvalue weighted by Crippen LogP contribution is 2.28. The monoisotopic (exact) mass is 306 g/mol. The van der Waals surface area contributed by atoms with E-state index >= 15 is 0 Å². The van der Waals surface area contributed by atoms with E-state index in [1.165, 1.54) is 16.0 Å². The molecule has 4 rings (SSSR count). The average molecular weight is 306 g/mol. The van der Waals surface area contributed by atoms with Crippen LogP contribution in [0, 0.1) is 0 Å². The number of rotatable bonds is 2. The van der Waals surface area contributed by atoms with E-state index in [1.807, 2.05) is 36.4 Å². The number of carbonyl (C=O) groups is 2. The summed E-state index contributed by atoms with van der Waals surface area (Å²) in [5.74, 6) is -0.203. The molecule has 2 aromatic rings. The molecule has 2 heterocycles. The van der Waals surface area contributed by atoms with Gasteiger partial charge in [0.05, 0.1) is 18.2 Å². The van der Waals surface area contributed by atoms with E-state index in [0.29, 0.717) is 5.69 Å². The van der Waals surface area contributed by atoms with Crippen LogP contribution >= 0.6 is 0 Å². The Bertz CT molecular complexity index is 757. The molecule has 2 aliphatic heterocycles. The molecule has 1 saturated heterocycles. The van der Waals surface area contributed by atoms with Crippen LogP contribution in [0.1, 0.15) is 17.5 Å². The third-order valence-corrected chi connectivity index (χ3v) is 4.74. The molecule has 2 amide bonds. The maximum absolute atomic E-state index is 12.8. The van der Waals surface area contributed by atoms with Gasteiger partial charge in [0.1, 0.15) is 0 Å².